The Morgan fingerprint density at radius 3 is 2.56 bits per heavy atom. The van der Waals surface area contributed by atoms with E-state index in [0.717, 1.165) is 0 Å². The van der Waals surface area contributed by atoms with E-state index in [1.165, 1.54) is 18.3 Å². The largest absolute Gasteiger partial charge is 0.481 e. The number of aliphatic carboxylic acids is 1. The fourth-order valence-electron chi connectivity index (χ4n) is 1.53. The average molecular weight is 266 g/mol. The van der Waals surface area contributed by atoms with Crippen LogP contribution >= 0.6 is 11.6 Å². The molecule has 0 fully saturated rings. The fourth-order valence-corrected chi connectivity index (χ4v) is 1.65. The molecular formula is C13H9ClFNO2. The van der Waals surface area contributed by atoms with Crippen molar-refractivity contribution in [2.75, 3.05) is 0 Å². The van der Waals surface area contributed by atoms with Crippen molar-refractivity contribution in [3.8, 4) is 11.1 Å². The van der Waals surface area contributed by atoms with Crippen molar-refractivity contribution in [2.45, 2.75) is 6.42 Å². The number of carboxylic acid groups (broad SMARTS) is 1. The van der Waals surface area contributed by atoms with Gasteiger partial charge in [-0.1, -0.05) is 23.7 Å². The minimum absolute atomic E-state index is 0.0641. The number of hydrogen-bond acceptors (Lipinski definition) is 2. The van der Waals surface area contributed by atoms with Crippen molar-refractivity contribution in [3.63, 3.8) is 0 Å². The van der Waals surface area contributed by atoms with Crippen LogP contribution in [0.2, 0.25) is 5.02 Å². The lowest BCUT2D eigenvalue weighted by Gasteiger charge is -2.03. The van der Waals surface area contributed by atoms with Crippen LogP contribution in [-0.4, -0.2) is 16.1 Å². The molecule has 0 spiro atoms. The highest BCUT2D eigenvalue weighted by molar-refractivity contribution is 6.30. The molecular weight excluding hydrogens is 257 g/mol. The van der Waals surface area contributed by atoms with Gasteiger partial charge in [0.15, 0.2) is 0 Å². The topological polar surface area (TPSA) is 50.2 Å². The molecule has 0 amide bonds. The number of halogens is 2. The zero-order valence-corrected chi connectivity index (χ0v) is 9.99. The quantitative estimate of drug-likeness (QED) is 0.927. The summed E-state index contributed by atoms with van der Waals surface area (Å²) in [6, 6.07) is 7.77. The molecule has 0 saturated heterocycles. The van der Waals surface area contributed by atoms with Crippen molar-refractivity contribution < 1.29 is 14.3 Å². The zero-order chi connectivity index (χ0) is 13.1. The first kappa shape index (κ1) is 12.5. The van der Waals surface area contributed by atoms with Gasteiger partial charge in [-0.15, -0.1) is 0 Å². The van der Waals surface area contributed by atoms with E-state index in [1.54, 1.807) is 18.2 Å². The van der Waals surface area contributed by atoms with Gasteiger partial charge in [-0.2, -0.15) is 0 Å². The normalized spacial score (nSPS) is 10.3. The van der Waals surface area contributed by atoms with Crippen molar-refractivity contribution in [3.05, 3.63) is 53.1 Å². The van der Waals surface area contributed by atoms with E-state index >= 15 is 0 Å². The van der Waals surface area contributed by atoms with Gasteiger partial charge in [0.1, 0.15) is 5.82 Å². The first-order chi connectivity index (χ1) is 8.56. The summed E-state index contributed by atoms with van der Waals surface area (Å²) in [5, 5.41) is 8.68. The third-order valence-corrected chi connectivity index (χ3v) is 2.72. The van der Waals surface area contributed by atoms with Crippen LogP contribution in [0.4, 0.5) is 4.39 Å². The minimum Gasteiger partial charge on any atom is -0.481 e. The first-order valence-electron chi connectivity index (χ1n) is 5.18. The van der Waals surface area contributed by atoms with Gasteiger partial charge in [-0.05, 0) is 23.8 Å². The summed E-state index contributed by atoms with van der Waals surface area (Å²) in [4.78, 5) is 14.5. The molecule has 0 radical (unpaired) electrons. The molecule has 1 aromatic heterocycles. The number of aromatic nitrogens is 1. The van der Waals surface area contributed by atoms with Crippen LogP contribution in [0.3, 0.4) is 0 Å². The number of nitrogens with zero attached hydrogens (tertiary/aromatic N) is 1. The number of rotatable bonds is 3. The molecule has 1 aromatic carbocycles. The summed E-state index contributed by atoms with van der Waals surface area (Å²) >= 11 is 5.59. The Bertz CT molecular complexity index is 584. The summed E-state index contributed by atoms with van der Waals surface area (Å²) in [7, 11) is 0. The molecule has 3 nitrogen and oxygen atoms in total. The molecule has 0 bridgehead atoms. The Kier molecular flexibility index (Phi) is 3.58. The minimum atomic E-state index is -0.937. The van der Waals surface area contributed by atoms with E-state index < -0.39 is 11.8 Å². The molecule has 0 aliphatic rings. The van der Waals surface area contributed by atoms with Crippen LogP contribution in [-0.2, 0) is 11.2 Å². The summed E-state index contributed by atoms with van der Waals surface area (Å²) in [5.41, 5.74) is 1.81. The Morgan fingerprint density at radius 2 is 2.00 bits per heavy atom. The van der Waals surface area contributed by atoms with Crippen molar-refractivity contribution in [2.24, 2.45) is 0 Å². The lowest BCUT2D eigenvalue weighted by Crippen LogP contribution is -2.01. The maximum atomic E-state index is 13.3. The van der Waals surface area contributed by atoms with Gasteiger partial charge in [-0.25, -0.2) is 4.39 Å². The lowest BCUT2D eigenvalue weighted by molar-refractivity contribution is -0.136. The second-order valence-electron chi connectivity index (χ2n) is 3.74. The number of benzene rings is 1. The van der Waals surface area contributed by atoms with Crippen LogP contribution < -0.4 is 0 Å². The molecule has 1 heterocycles. The van der Waals surface area contributed by atoms with E-state index in [4.69, 9.17) is 16.7 Å². The molecule has 0 aliphatic carbocycles. The Morgan fingerprint density at radius 1 is 1.28 bits per heavy atom. The van der Waals surface area contributed by atoms with Crippen LogP contribution in [0.15, 0.2) is 36.5 Å². The molecule has 1 N–H and O–H groups in total. The molecule has 2 aromatic rings. The number of hydrogen-bond donors (Lipinski definition) is 1. The summed E-state index contributed by atoms with van der Waals surface area (Å²) in [6.45, 7) is 0. The first-order valence-corrected chi connectivity index (χ1v) is 5.56. The second kappa shape index (κ2) is 5.14. The molecule has 0 atom stereocenters. The molecule has 0 aliphatic heterocycles. The van der Waals surface area contributed by atoms with Crippen molar-refractivity contribution in [1.82, 2.24) is 4.98 Å². The summed E-state index contributed by atoms with van der Waals surface area (Å²) in [6.07, 6.45) is 1.39. The Balaban J connectivity index is 2.28. The van der Waals surface area contributed by atoms with E-state index in [1.807, 2.05) is 0 Å². The Hall–Kier alpha value is -1.94. The van der Waals surface area contributed by atoms with E-state index in [0.29, 0.717) is 16.8 Å². The Labute approximate surface area is 108 Å². The monoisotopic (exact) mass is 265 g/mol. The van der Waals surface area contributed by atoms with Gasteiger partial charge in [0, 0.05) is 11.8 Å². The molecule has 2 rings (SSSR count). The van der Waals surface area contributed by atoms with Gasteiger partial charge in [0.25, 0.3) is 0 Å². The highest BCUT2D eigenvalue weighted by atomic mass is 35.5. The highest BCUT2D eigenvalue weighted by Crippen LogP contribution is 2.23. The van der Waals surface area contributed by atoms with E-state index in [-0.39, 0.29) is 11.4 Å². The third-order valence-electron chi connectivity index (χ3n) is 2.41. The van der Waals surface area contributed by atoms with Crippen LogP contribution in [0.5, 0.6) is 0 Å². The van der Waals surface area contributed by atoms with Gasteiger partial charge >= 0.3 is 5.97 Å². The molecule has 0 unspecified atom stereocenters. The smallest absolute Gasteiger partial charge is 0.309 e. The molecule has 92 valence electrons. The summed E-state index contributed by atoms with van der Waals surface area (Å²) < 4.78 is 13.3. The number of carbonyl (C=O) groups is 1. The predicted octanol–water partition coefficient (Wildman–Crippen LogP) is 3.17. The second-order valence-corrected chi connectivity index (χ2v) is 4.14. The van der Waals surface area contributed by atoms with Gasteiger partial charge in [0.05, 0.1) is 17.1 Å². The maximum absolute atomic E-state index is 13.3. The van der Waals surface area contributed by atoms with Gasteiger partial charge in [0.2, 0.25) is 0 Å². The van der Waals surface area contributed by atoms with Crippen molar-refractivity contribution in [1.29, 1.82) is 0 Å². The molecule has 18 heavy (non-hydrogen) atoms. The fraction of sp³-hybridized carbons (Fsp3) is 0.0769. The maximum Gasteiger partial charge on any atom is 0.309 e. The van der Waals surface area contributed by atoms with Crippen molar-refractivity contribution >= 4 is 17.6 Å². The lowest BCUT2D eigenvalue weighted by atomic mass is 10.1. The third kappa shape index (κ3) is 2.84. The highest BCUT2D eigenvalue weighted by Gasteiger charge is 2.05. The zero-order valence-electron chi connectivity index (χ0n) is 9.23. The number of carboxylic acids is 1. The van der Waals surface area contributed by atoms with E-state index in [2.05, 4.69) is 4.98 Å². The van der Waals surface area contributed by atoms with Gasteiger partial charge in [-0.3, -0.25) is 9.78 Å². The molecule has 0 saturated carbocycles. The standard InChI is InChI=1S/C13H9ClFNO2/c14-11-4-2-8(5-12(11)15)9-1-3-10(16-7-9)6-13(17)18/h1-5,7H,6H2,(H,17,18). The number of pyridine rings is 1. The molecule has 5 heteroatoms. The van der Waals surface area contributed by atoms with Crippen LogP contribution in [0, 0.1) is 5.82 Å². The van der Waals surface area contributed by atoms with E-state index in [9.17, 15) is 9.18 Å². The average Bonchev–Trinajstić information content (AvgIpc) is 2.33. The van der Waals surface area contributed by atoms with Gasteiger partial charge < -0.3 is 5.11 Å². The summed E-state index contributed by atoms with van der Waals surface area (Å²) in [5.74, 6) is -1.43. The predicted molar refractivity (Wildman–Crippen MR) is 66.0 cm³/mol. The SMILES string of the molecule is O=C(O)Cc1ccc(-c2ccc(Cl)c(F)c2)cn1. The van der Waals surface area contributed by atoms with Crippen LogP contribution in [0.1, 0.15) is 5.69 Å². The van der Waals surface area contributed by atoms with Crippen LogP contribution in [0.25, 0.3) is 11.1 Å².